The van der Waals surface area contributed by atoms with Crippen molar-refractivity contribution in [3.63, 3.8) is 0 Å². The molecule has 1 amide bonds. The van der Waals surface area contributed by atoms with E-state index in [9.17, 15) is 4.79 Å². The minimum absolute atomic E-state index is 0.0172. The van der Waals surface area contributed by atoms with Crippen LogP contribution in [0.15, 0.2) is 35.8 Å². The van der Waals surface area contributed by atoms with Gasteiger partial charge in [0.25, 0.3) is 0 Å². The molecule has 1 N–H and O–H groups in total. The van der Waals surface area contributed by atoms with Crippen molar-refractivity contribution in [1.29, 1.82) is 0 Å². The van der Waals surface area contributed by atoms with E-state index in [2.05, 4.69) is 20.1 Å². The lowest BCUT2D eigenvalue weighted by Crippen LogP contribution is -2.36. The predicted molar refractivity (Wildman–Crippen MR) is 98.5 cm³/mol. The molecule has 1 aromatic carbocycles. The molecule has 0 saturated carbocycles. The molecular formula is C17H21ClN4OS. The maximum absolute atomic E-state index is 12.2. The number of nitrogens with zero attached hydrogens (tertiary/aromatic N) is 3. The highest BCUT2D eigenvalue weighted by molar-refractivity contribution is 7.09. The Morgan fingerprint density at radius 2 is 2.00 bits per heavy atom. The van der Waals surface area contributed by atoms with Crippen LogP contribution in [-0.2, 0) is 11.3 Å². The summed E-state index contributed by atoms with van der Waals surface area (Å²) in [5.74, 6) is -0.0172. The van der Waals surface area contributed by atoms with Crippen molar-refractivity contribution in [2.45, 2.75) is 13.0 Å². The molecule has 0 unspecified atom stereocenters. The summed E-state index contributed by atoms with van der Waals surface area (Å²) in [5, 5.41) is 6.62. The number of carbonyl (C=O) groups is 1. The van der Waals surface area contributed by atoms with Gasteiger partial charge in [-0.1, -0.05) is 23.7 Å². The Morgan fingerprint density at radius 1 is 1.21 bits per heavy atom. The fourth-order valence-electron chi connectivity index (χ4n) is 2.82. The van der Waals surface area contributed by atoms with E-state index in [1.807, 2.05) is 29.8 Å². The fraction of sp³-hybridized carbons (Fsp3) is 0.412. The summed E-state index contributed by atoms with van der Waals surface area (Å²) in [6.07, 6.45) is 2.91. The molecule has 0 bridgehead atoms. The highest BCUT2D eigenvalue weighted by Crippen LogP contribution is 2.20. The van der Waals surface area contributed by atoms with Crippen molar-refractivity contribution in [3.8, 4) is 0 Å². The summed E-state index contributed by atoms with van der Waals surface area (Å²) in [6.45, 7) is 5.13. The number of halogens is 1. The third-order valence-electron chi connectivity index (χ3n) is 4.04. The average Bonchev–Trinajstić information content (AvgIpc) is 2.97. The second kappa shape index (κ2) is 8.58. The summed E-state index contributed by atoms with van der Waals surface area (Å²) in [7, 11) is 0. The third-order valence-corrected chi connectivity index (χ3v) is 5.13. The monoisotopic (exact) mass is 364 g/mol. The SMILES string of the molecule is O=C(CN1CCCN(Cc2nccs2)CC1)Nc1ccccc1Cl. The number of nitrogens with one attached hydrogen (secondary N) is 1. The zero-order valence-electron chi connectivity index (χ0n) is 13.4. The van der Waals surface area contributed by atoms with E-state index < -0.39 is 0 Å². The molecular weight excluding hydrogens is 344 g/mol. The number of benzene rings is 1. The first-order valence-electron chi connectivity index (χ1n) is 8.08. The van der Waals surface area contributed by atoms with Gasteiger partial charge >= 0.3 is 0 Å². The van der Waals surface area contributed by atoms with E-state index in [1.54, 1.807) is 17.4 Å². The number of para-hydroxylation sites is 1. The largest absolute Gasteiger partial charge is 0.324 e. The minimum atomic E-state index is -0.0172. The molecule has 5 nitrogen and oxygen atoms in total. The molecule has 0 atom stereocenters. The van der Waals surface area contributed by atoms with Gasteiger partial charge in [0.2, 0.25) is 5.91 Å². The number of thiazole rings is 1. The van der Waals surface area contributed by atoms with Gasteiger partial charge in [-0.05, 0) is 31.6 Å². The summed E-state index contributed by atoms with van der Waals surface area (Å²) < 4.78 is 0. The molecule has 1 saturated heterocycles. The molecule has 0 spiro atoms. The van der Waals surface area contributed by atoms with Gasteiger partial charge in [0.05, 0.1) is 23.8 Å². The van der Waals surface area contributed by atoms with Gasteiger partial charge in [-0.2, -0.15) is 0 Å². The first kappa shape index (κ1) is 17.4. The topological polar surface area (TPSA) is 48.5 Å². The first-order valence-corrected chi connectivity index (χ1v) is 9.34. The smallest absolute Gasteiger partial charge is 0.238 e. The number of carbonyl (C=O) groups excluding carboxylic acids is 1. The molecule has 1 aliphatic heterocycles. The Balaban J connectivity index is 1.47. The quantitative estimate of drug-likeness (QED) is 0.886. The van der Waals surface area contributed by atoms with Crippen molar-refractivity contribution in [2.24, 2.45) is 0 Å². The maximum atomic E-state index is 12.2. The number of anilines is 1. The van der Waals surface area contributed by atoms with Crippen molar-refractivity contribution in [1.82, 2.24) is 14.8 Å². The standard InChI is InChI=1S/C17H21ClN4OS/c18-14-4-1-2-5-15(14)20-16(23)12-21-7-3-8-22(10-9-21)13-17-19-6-11-24-17/h1-2,4-6,11H,3,7-10,12-13H2,(H,20,23). The van der Waals surface area contributed by atoms with E-state index in [0.717, 1.165) is 44.2 Å². The van der Waals surface area contributed by atoms with Crippen LogP contribution in [0.2, 0.25) is 5.02 Å². The van der Waals surface area contributed by atoms with E-state index in [4.69, 9.17) is 11.6 Å². The number of aromatic nitrogens is 1. The van der Waals surface area contributed by atoms with E-state index in [0.29, 0.717) is 17.3 Å². The average molecular weight is 365 g/mol. The van der Waals surface area contributed by atoms with Crippen molar-refractivity contribution in [3.05, 3.63) is 45.9 Å². The summed E-state index contributed by atoms with van der Waals surface area (Å²) in [4.78, 5) is 21.2. The van der Waals surface area contributed by atoms with Crippen LogP contribution in [0, 0.1) is 0 Å². The predicted octanol–water partition coefficient (Wildman–Crippen LogP) is 2.94. The molecule has 2 heterocycles. The maximum Gasteiger partial charge on any atom is 0.238 e. The van der Waals surface area contributed by atoms with Crippen molar-refractivity contribution in [2.75, 3.05) is 38.0 Å². The first-order chi connectivity index (χ1) is 11.7. The molecule has 24 heavy (non-hydrogen) atoms. The van der Waals surface area contributed by atoms with Crippen molar-refractivity contribution >= 4 is 34.5 Å². The van der Waals surface area contributed by atoms with E-state index in [1.165, 1.54) is 0 Å². The lowest BCUT2D eigenvalue weighted by Gasteiger charge is -2.20. The van der Waals surface area contributed by atoms with Crippen LogP contribution in [0.25, 0.3) is 0 Å². The molecule has 7 heteroatoms. The molecule has 1 aromatic heterocycles. The van der Waals surface area contributed by atoms with Gasteiger partial charge in [-0.15, -0.1) is 11.3 Å². The molecule has 1 fully saturated rings. The molecule has 0 radical (unpaired) electrons. The van der Waals surface area contributed by atoms with Gasteiger partial charge in [0.15, 0.2) is 0 Å². The second-order valence-corrected chi connectivity index (χ2v) is 7.25. The number of hydrogen-bond acceptors (Lipinski definition) is 5. The molecule has 0 aliphatic carbocycles. The van der Waals surface area contributed by atoms with Gasteiger partial charge in [-0.3, -0.25) is 14.6 Å². The normalized spacial score (nSPS) is 16.7. The van der Waals surface area contributed by atoms with Gasteiger partial charge < -0.3 is 5.32 Å². The van der Waals surface area contributed by atoms with Crippen LogP contribution in [0.5, 0.6) is 0 Å². The van der Waals surface area contributed by atoms with Gasteiger partial charge in [0.1, 0.15) is 5.01 Å². The summed E-state index contributed by atoms with van der Waals surface area (Å²) >= 11 is 7.78. The lowest BCUT2D eigenvalue weighted by molar-refractivity contribution is -0.117. The Kier molecular flexibility index (Phi) is 6.20. The van der Waals surface area contributed by atoms with Crippen LogP contribution in [-0.4, -0.2) is 53.4 Å². The van der Waals surface area contributed by atoms with Crippen molar-refractivity contribution < 1.29 is 4.79 Å². The Bertz CT molecular complexity index is 664. The summed E-state index contributed by atoms with van der Waals surface area (Å²) in [6, 6.07) is 7.31. The van der Waals surface area contributed by atoms with Crippen LogP contribution >= 0.6 is 22.9 Å². The van der Waals surface area contributed by atoms with Crippen LogP contribution < -0.4 is 5.32 Å². The van der Waals surface area contributed by atoms with E-state index in [-0.39, 0.29) is 5.91 Å². The zero-order chi connectivity index (χ0) is 16.8. The molecule has 2 aromatic rings. The highest BCUT2D eigenvalue weighted by atomic mass is 35.5. The minimum Gasteiger partial charge on any atom is -0.324 e. The number of rotatable bonds is 5. The third kappa shape index (κ3) is 5.01. The lowest BCUT2D eigenvalue weighted by atomic mass is 10.3. The van der Waals surface area contributed by atoms with Crippen LogP contribution in [0.1, 0.15) is 11.4 Å². The number of amides is 1. The van der Waals surface area contributed by atoms with E-state index >= 15 is 0 Å². The summed E-state index contributed by atoms with van der Waals surface area (Å²) in [5.41, 5.74) is 0.671. The molecule has 1 aliphatic rings. The van der Waals surface area contributed by atoms with Crippen LogP contribution in [0.4, 0.5) is 5.69 Å². The Labute approximate surface area is 151 Å². The Morgan fingerprint density at radius 3 is 2.79 bits per heavy atom. The van der Waals surface area contributed by atoms with Gasteiger partial charge in [0, 0.05) is 24.7 Å². The highest BCUT2D eigenvalue weighted by Gasteiger charge is 2.18. The van der Waals surface area contributed by atoms with Crippen LogP contribution in [0.3, 0.4) is 0 Å². The van der Waals surface area contributed by atoms with Gasteiger partial charge in [-0.25, -0.2) is 4.98 Å². The number of hydrogen-bond donors (Lipinski definition) is 1. The molecule has 128 valence electrons. The molecule has 3 rings (SSSR count). The second-order valence-electron chi connectivity index (χ2n) is 5.86. The zero-order valence-corrected chi connectivity index (χ0v) is 15.0. The Hall–Kier alpha value is -1.47. The fourth-order valence-corrected chi connectivity index (χ4v) is 3.66.